The van der Waals surface area contributed by atoms with Gasteiger partial charge in [-0.25, -0.2) is 4.99 Å². The Hall–Kier alpha value is -3.27. The number of halogens is 3. The van der Waals surface area contributed by atoms with E-state index in [1.54, 1.807) is 24.3 Å². The number of thioether (sulfide) groups is 1. The Morgan fingerprint density at radius 3 is 2.58 bits per heavy atom. The third-order valence-corrected chi connectivity index (χ3v) is 5.76. The van der Waals surface area contributed by atoms with Crippen LogP contribution >= 0.6 is 11.8 Å². The fourth-order valence-corrected chi connectivity index (χ4v) is 4.29. The van der Waals surface area contributed by atoms with Crippen LogP contribution in [0, 0.1) is 0 Å². The first-order valence-electron chi connectivity index (χ1n) is 10.1. The molecule has 0 unspecified atom stereocenters. The first-order chi connectivity index (χ1) is 15.7. The number of nitrogens with zero attached hydrogens (tertiary/aromatic N) is 2. The minimum Gasteiger partial charge on any atom is -0.494 e. The molecule has 1 fully saturated rings. The lowest BCUT2D eigenvalue weighted by Gasteiger charge is -2.15. The highest BCUT2D eigenvalue weighted by Crippen LogP contribution is 2.36. The molecule has 1 heterocycles. The van der Waals surface area contributed by atoms with Crippen molar-refractivity contribution < 1.29 is 27.5 Å². The number of carbonyl (C=O) groups excluding carboxylic acids is 2. The van der Waals surface area contributed by atoms with Crippen LogP contribution in [-0.2, 0) is 15.8 Å². The number of amides is 2. The molecule has 10 heteroatoms. The Morgan fingerprint density at radius 2 is 1.94 bits per heavy atom. The lowest BCUT2D eigenvalue weighted by molar-refractivity contribution is -0.137. The van der Waals surface area contributed by atoms with E-state index in [-0.39, 0.29) is 24.6 Å². The van der Waals surface area contributed by atoms with Crippen molar-refractivity contribution in [3.63, 3.8) is 0 Å². The number of anilines is 1. The molecule has 33 heavy (non-hydrogen) atoms. The van der Waals surface area contributed by atoms with E-state index >= 15 is 0 Å². The first kappa shape index (κ1) is 24.4. The number of amidine groups is 1. The molecule has 6 nitrogen and oxygen atoms in total. The molecule has 0 spiro atoms. The van der Waals surface area contributed by atoms with Gasteiger partial charge in [0, 0.05) is 13.0 Å². The van der Waals surface area contributed by atoms with Gasteiger partial charge in [-0.3, -0.25) is 14.5 Å². The Balaban J connectivity index is 1.74. The Kier molecular flexibility index (Phi) is 7.80. The van der Waals surface area contributed by atoms with Crippen molar-refractivity contribution in [3.05, 3.63) is 66.7 Å². The molecule has 2 aromatic carbocycles. The molecule has 0 aliphatic carbocycles. The summed E-state index contributed by atoms with van der Waals surface area (Å²) in [6.07, 6.45) is -3.38. The second-order valence-electron chi connectivity index (χ2n) is 6.96. The van der Waals surface area contributed by atoms with Crippen LogP contribution in [0.1, 0.15) is 18.9 Å². The van der Waals surface area contributed by atoms with Gasteiger partial charge >= 0.3 is 6.18 Å². The second kappa shape index (κ2) is 10.6. The van der Waals surface area contributed by atoms with Gasteiger partial charge in [0.2, 0.25) is 11.8 Å². The first-order valence-corrected chi connectivity index (χ1v) is 11.0. The van der Waals surface area contributed by atoms with Gasteiger partial charge in [0.1, 0.15) is 11.0 Å². The lowest BCUT2D eigenvalue weighted by Crippen LogP contribution is -2.33. The SMILES string of the molecule is C=CCN1C(=O)[C@@H](CC(=O)Nc2ccccc2C(F)(F)F)SC1=Nc1ccc(OCC)cc1. The maximum absolute atomic E-state index is 13.2. The Labute approximate surface area is 193 Å². The van der Waals surface area contributed by atoms with Gasteiger partial charge in [-0.1, -0.05) is 30.0 Å². The van der Waals surface area contributed by atoms with Crippen molar-refractivity contribution in [1.82, 2.24) is 4.90 Å². The van der Waals surface area contributed by atoms with E-state index in [1.165, 1.54) is 29.2 Å². The minimum absolute atomic E-state index is 0.191. The molecule has 0 bridgehead atoms. The van der Waals surface area contributed by atoms with Crippen LogP contribution in [0.15, 0.2) is 66.2 Å². The summed E-state index contributed by atoms with van der Waals surface area (Å²) < 4.78 is 44.9. The quantitative estimate of drug-likeness (QED) is 0.527. The number of hydrogen-bond donors (Lipinski definition) is 1. The van der Waals surface area contributed by atoms with Crippen LogP contribution < -0.4 is 10.1 Å². The fourth-order valence-electron chi connectivity index (χ4n) is 3.13. The van der Waals surface area contributed by atoms with E-state index in [0.717, 1.165) is 17.8 Å². The third-order valence-electron chi connectivity index (χ3n) is 4.58. The zero-order valence-corrected chi connectivity index (χ0v) is 18.6. The highest BCUT2D eigenvalue weighted by Gasteiger charge is 2.39. The molecule has 1 atom stereocenters. The van der Waals surface area contributed by atoms with Crippen molar-refractivity contribution in [3.8, 4) is 5.75 Å². The minimum atomic E-state index is -4.61. The van der Waals surface area contributed by atoms with Gasteiger partial charge in [0.15, 0.2) is 5.17 Å². The topological polar surface area (TPSA) is 71.0 Å². The van der Waals surface area contributed by atoms with Crippen LogP contribution in [0.4, 0.5) is 24.5 Å². The van der Waals surface area contributed by atoms with Crippen molar-refractivity contribution in [2.45, 2.75) is 24.8 Å². The molecular weight excluding hydrogens is 455 g/mol. The number of aliphatic imine (C=N–C) groups is 1. The average molecular weight is 478 g/mol. The maximum Gasteiger partial charge on any atom is 0.418 e. The third kappa shape index (κ3) is 6.16. The van der Waals surface area contributed by atoms with Crippen molar-refractivity contribution >= 4 is 40.1 Å². The summed E-state index contributed by atoms with van der Waals surface area (Å²) in [6.45, 7) is 6.24. The largest absolute Gasteiger partial charge is 0.494 e. The predicted octanol–water partition coefficient (Wildman–Crippen LogP) is 5.25. The van der Waals surface area contributed by atoms with E-state index < -0.39 is 22.9 Å². The van der Waals surface area contributed by atoms with Gasteiger partial charge in [-0.2, -0.15) is 13.2 Å². The van der Waals surface area contributed by atoms with Gasteiger partial charge in [-0.15, -0.1) is 6.58 Å². The normalized spacial score (nSPS) is 17.3. The van der Waals surface area contributed by atoms with Crippen LogP contribution in [-0.4, -0.2) is 40.3 Å². The van der Waals surface area contributed by atoms with E-state index in [4.69, 9.17) is 4.74 Å². The summed E-state index contributed by atoms with van der Waals surface area (Å²) >= 11 is 1.09. The van der Waals surface area contributed by atoms with Crippen LogP contribution in [0.25, 0.3) is 0 Å². The van der Waals surface area contributed by atoms with Crippen LogP contribution in [0.3, 0.4) is 0 Å². The monoisotopic (exact) mass is 477 g/mol. The number of benzene rings is 2. The van der Waals surface area contributed by atoms with Crippen LogP contribution in [0.2, 0.25) is 0 Å². The molecule has 0 aromatic heterocycles. The number of rotatable bonds is 8. The average Bonchev–Trinajstić information content (AvgIpc) is 3.04. The van der Waals surface area contributed by atoms with Gasteiger partial charge in [-0.05, 0) is 43.3 Å². The van der Waals surface area contributed by atoms with Crippen molar-refractivity contribution in [1.29, 1.82) is 0 Å². The summed E-state index contributed by atoms with van der Waals surface area (Å²) in [5, 5.41) is 1.85. The number of ether oxygens (including phenoxy) is 1. The molecule has 0 radical (unpaired) electrons. The molecule has 2 amide bonds. The molecule has 3 rings (SSSR count). The zero-order chi connectivity index (χ0) is 24.0. The molecule has 174 valence electrons. The summed E-state index contributed by atoms with van der Waals surface area (Å²) in [7, 11) is 0. The Bertz CT molecular complexity index is 1050. The lowest BCUT2D eigenvalue weighted by atomic mass is 10.1. The summed E-state index contributed by atoms with van der Waals surface area (Å²) in [4.78, 5) is 31.2. The number of carbonyl (C=O) groups is 2. The summed E-state index contributed by atoms with van der Waals surface area (Å²) in [5.74, 6) is -0.365. The standard InChI is InChI=1S/C23H22F3N3O3S/c1-3-13-29-21(31)19(33-22(29)27-15-9-11-16(12-10-15)32-4-2)14-20(30)28-18-8-6-5-7-17(18)23(24,25)26/h3,5-12,19H,1,4,13-14H2,2H3,(H,28,30)/t19-/m1/s1. The van der Waals surface area contributed by atoms with Gasteiger partial charge in [0.05, 0.1) is 23.5 Å². The molecule has 1 aliphatic rings. The smallest absolute Gasteiger partial charge is 0.418 e. The van der Waals surface area contributed by atoms with E-state index in [9.17, 15) is 22.8 Å². The number of nitrogens with one attached hydrogen (secondary N) is 1. The van der Waals surface area contributed by atoms with E-state index in [1.807, 2.05) is 6.92 Å². The van der Waals surface area contributed by atoms with Crippen molar-refractivity contribution in [2.75, 3.05) is 18.5 Å². The van der Waals surface area contributed by atoms with E-state index in [0.29, 0.717) is 23.2 Å². The Morgan fingerprint density at radius 1 is 1.24 bits per heavy atom. The van der Waals surface area contributed by atoms with Crippen LogP contribution in [0.5, 0.6) is 5.75 Å². The summed E-state index contributed by atoms with van der Waals surface area (Å²) in [5.41, 5.74) is -0.710. The molecule has 2 aromatic rings. The number of alkyl halides is 3. The number of para-hydroxylation sites is 1. The summed E-state index contributed by atoms with van der Waals surface area (Å²) in [6, 6.07) is 11.7. The zero-order valence-electron chi connectivity index (χ0n) is 17.8. The van der Waals surface area contributed by atoms with Gasteiger partial charge < -0.3 is 10.1 Å². The second-order valence-corrected chi connectivity index (χ2v) is 8.13. The number of hydrogen-bond acceptors (Lipinski definition) is 5. The van der Waals surface area contributed by atoms with Gasteiger partial charge in [0.25, 0.3) is 0 Å². The molecule has 1 N–H and O–H groups in total. The highest BCUT2D eigenvalue weighted by molar-refractivity contribution is 8.15. The maximum atomic E-state index is 13.2. The fraction of sp³-hybridized carbons (Fsp3) is 0.261. The molecule has 1 saturated heterocycles. The molecule has 1 aliphatic heterocycles. The molecule has 0 saturated carbocycles. The van der Waals surface area contributed by atoms with E-state index in [2.05, 4.69) is 16.9 Å². The molecular formula is C23H22F3N3O3S. The van der Waals surface area contributed by atoms with Crippen molar-refractivity contribution in [2.24, 2.45) is 4.99 Å². The highest BCUT2D eigenvalue weighted by atomic mass is 32.2. The predicted molar refractivity (Wildman–Crippen MR) is 123 cm³/mol.